The predicted octanol–water partition coefficient (Wildman–Crippen LogP) is 2.48. The van der Waals surface area contributed by atoms with Crippen LogP contribution in [0.1, 0.15) is 23.6 Å². The standard InChI is InChI=1S/C12H15ClN4O2/c1-7-6-10(16-19-7)14-11(18)4-5-17-9(3)12(13)8(2)15-17/h6H,4-5H2,1-3H3,(H,14,16,18). The SMILES string of the molecule is Cc1cc(NC(=O)CCn2nc(C)c(Cl)c2C)no1. The minimum Gasteiger partial charge on any atom is -0.360 e. The summed E-state index contributed by atoms with van der Waals surface area (Å²) >= 11 is 6.04. The van der Waals surface area contributed by atoms with Gasteiger partial charge in [-0.3, -0.25) is 9.48 Å². The van der Waals surface area contributed by atoms with E-state index in [-0.39, 0.29) is 5.91 Å². The van der Waals surface area contributed by atoms with Crippen LogP contribution in [0.3, 0.4) is 0 Å². The van der Waals surface area contributed by atoms with Crippen LogP contribution in [0.5, 0.6) is 0 Å². The van der Waals surface area contributed by atoms with E-state index in [0.717, 1.165) is 11.4 Å². The number of anilines is 1. The number of rotatable bonds is 4. The quantitative estimate of drug-likeness (QED) is 0.935. The third-order valence-electron chi connectivity index (χ3n) is 2.74. The summed E-state index contributed by atoms with van der Waals surface area (Å²) in [5.41, 5.74) is 1.64. The second-order valence-corrected chi connectivity index (χ2v) is 4.71. The second kappa shape index (κ2) is 5.44. The average molecular weight is 283 g/mol. The molecule has 6 nitrogen and oxygen atoms in total. The van der Waals surface area contributed by atoms with E-state index in [9.17, 15) is 4.79 Å². The summed E-state index contributed by atoms with van der Waals surface area (Å²) in [5.74, 6) is 0.937. The highest BCUT2D eigenvalue weighted by molar-refractivity contribution is 6.31. The van der Waals surface area contributed by atoms with Gasteiger partial charge in [0.15, 0.2) is 5.82 Å². The van der Waals surface area contributed by atoms with Gasteiger partial charge in [-0.15, -0.1) is 0 Å². The van der Waals surface area contributed by atoms with Gasteiger partial charge in [-0.1, -0.05) is 16.8 Å². The molecule has 0 aliphatic rings. The Labute approximate surface area is 115 Å². The molecule has 2 aromatic heterocycles. The van der Waals surface area contributed by atoms with Gasteiger partial charge < -0.3 is 9.84 Å². The highest BCUT2D eigenvalue weighted by atomic mass is 35.5. The maximum Gasteiger partial charge on any atom is 0.227 e. The van der Waals surface area contributed by atoms with Crippen LogP contribution in [0, 0.1) is 20.8 Å². The molecular formula is C12H15ClN4O2. The molecule has 0 aromatic carbocycles. The van der Waals surface area contributed by atoms with E-state index in [1.54, 1.807) is 17.7 Å². The number of amides is 1. The van der Waals surface area contributed by atoms with Gasteiger partial charge in [0.1, 0.15) is 5.76 Å². The van der Waals surface area contributed by atoms with Crippen molar-refractivity contribution in [3.63, 3.8) is 0 Å². The summed E-state index contributed by atoms with van der Waals surface area (Å²) in [4.78, 5) is 11.7. The van der Waals surface area contributed by atoms with Crippen molar-refractivity contribution in [3.8, 4) is 0 Å². The molecule has 0 saturated heterocycles. The monoisotopic (exact) mass is 282 g/mol. The third-order valence-corrected chi connectivity index (χ3v) is 3.29. The first-order chi connectivity index (χ1) is 8.97. The Morgan fingerprint density at radius 3 is 2.74 bits per heavy atom. The molecule has 0 bridgehead atoms. The van der Waals surface area contributed by atoms with Crippen molar-refractivity contribution in [2.75, 3.05) is 5.32 Å². The molecule has 19 heavy (non-hydrogen) atoms. The van der Waals surface area contributed by atoms with Crippen LogP contribution in [0.2, 0.25) is 5.02 Å². The van der Waals surface area contributed by atoms with Gasteiger partial charge in [-0.25, -0.2) is 0 Å². The molecule has 2 aromatic rings. The van der Waals surface area contributed by atoms with E-state index in [0.29, 0.717) is 29.6 Å². The topological polar surface area (TPSA) is 73.0 Å². The number of carbonyl (C=O) groups is 1. The molecule has 2 heterocycles. The molecule has 102 valence electrons. The first-order valence-corrected chi connectivity index (χ1v) is 6.28. The third kappa shape index (κ3) is 3.14. The Morgan fingerprint density at radius 1 is 1.47 bits per heavy atom. The number of nitrogens with one attached hydrogen (secondary N) is 1. The number of hydrogen-bond acceptors (Lipinski definition) is 4. The van der Waals surface area contributed by atoms with Crippen LogP contribution in [-0.4, -0.2) is 20.8 Å². The minimum atomic E-state index is -0.142. The zero-order valence-electron chi connectivity index (χ0n) is 11.0. The molecule has 7 heteroatoms. The first-order valence-electron chi connectivity index (χ1n) is 5.90. The summed E-state index contributed by atoms with van der Waals surface area (Å²) in [7, 11) is 0. The molecule has 0 atom stereocenters. The van der Waals surface area contributed by atoms with Crippen LogP contribution in [0.15, 0.2) is 10.6 Å². The van der Waals surface area contributed by atoms with Crippen molar-refractivity contribution < 1.29 is 9.32 Å². The van der Waals surface area contributed by atoms with Gasteiger partial charge in [-0.2, -0.15) is 5.10 Å². The molecule has 0 radical (unpaired) electrons. The Kier molecular flexibility index (Phi) is 3.90. The predicted molar refractivity (Wildman–Crippen MR) is 71.2 cm³/mol. The van der Waals surface area contributed by atoms with E-state index in [2.05, 4.69) is 15.6 Å². The summed E-state index contributed by atoms with van der Waals surface area (Å²) in [6.07, 6.45) is 0.296. The smallest absolute Gasteiger partial charge is 0.227 e. The van der Waals surface area contributed by atoms with E-state index in [1.165, 1.54) is 0 Å². The van der Waals surface area contributed by atoms with E-state index in [1.807, 2.05) is 13.8 Å². The number of hydrogen-bond donors (Lipinski definition) is 1. The molecule has 0 aliphatic carbocycles. The van der Waals surface area contributed by atoms with E-state index >= 15 is 0 Å². The molecule has 2 rings (SSSR count). The van der Waals surface area contributed by atoms with Crippen LogP contribution in [0.4, 0.5) is 5.82 Å². The van der Waals surface area contributed by atoms with E-state index in [4.69, 9.17) is 16.1 Å². The Balaban J connectivity index is 1.91. The number of nitrogens with zero attached hydrogens (tertiary/aromatic N) is 3. The second-order valence-electron chi connectivity index (χ2n) is 4.33. The van der Waals surface area contributed by atoms with Gasteiger partial charge >= 0.3 is 0 Å². The van der Waals surface area contributed by atoms with Gasteiger partial charge in [0.25, 0.3) is 0 Å². The summed E-state index contributed by atoms with van der Waals surface area (Å²) in [5, 5.41) is 11.3. The summed E-state index contributed by atoms with van der Waals surface area (Å²) in [6, 6.07) is 1.66. The van der Waals surface area contributed by atoms with Crippen LogP contribution in [-0.2, 0) is 11.3 Å². The fraction of sp³-hybridized carbons (Fsp3) is 0.417. The van der Waals surface area contributed by atoms with Crippen molar-refractivity contribution in [1.82, 2.24) is 14.9 Å². The first kappa shape index (κ1) is 13.6. The number of carbonyl (C=O) groups excluding carboxylic acids is 1. The van der Waals surface area contributed by atoms with Crippen LogP contribution < -0.4 is 5.32 Å². The highest BCUT2D eigenvalue weighted by Crippen LogP contribution is 2.19. The summed E-state index contributed by atoms with van der Waals surface area (Å²) < 4.78 is 6.59. The van der Waals surface area contributed by atoms with Gasteiger partial charge in [0.2, 0.25) is 5.91 Å². The number of aromatic nitrogens is 3. The normalized spacial score (nSPS) is 10.7. The number of aryl methyl sites for hydroxylation is 3. The zero-order chi connectivity index (χ0) is 14.0. The van der Waals surface area contributed by atoms with Crippen molar-refractivity contribution in [2.24, 2.45) is 0 Å². The largest absolute Gasteiger partial charge is 0.360 e. The maximum absolute atomic E-state index is 11.7. The van der Waals surface area contributed by atoms with Crippen LogP contribution in [0.25, 0.3) is 0 Å². The fourth-order valence-electron chi connectivity index (χ4n) is 1.73. The molecule has 1 N–H and O–H groups in total. The van der Waals surface area contributed by atoms with Gasteiger partial charge in [0, 0.05) is 12.5 Å². The lowest BCUT2D eigenvalue weighted by atomic mass is 10.3. The number of halogens is 1. The van der Waals surface area contributed by atoms with Crippen molar-refractivity contribution >= 4 is 23.3 Å². The average Bonchev–Trinajstić information content (AvgIpc) is 2.86. The lowest BCUT2D eigenvalue weighted by Gasteiger charge is -2.04. The molecule has 0 unspecified atom stereocenters. The molecule has 0 aliphatic heterocycles. The fourth-order valence-corrected chi connectivity index (χ4v) is 1.87. The maximum atomic E-state index is 11.7. The van der Waals surface area contributed by atoms with Crippen molar-refractivity contribution in [1.29, 1.82) is 0 Å². The molecule has 0 spiro atoms. The van der Waals surface area contributed by atoms with E-state index < -0.39 is 0 Å². The lowest BCUT2D eigenvalue weighted by Crippen LogP contribution is -2.15. The highest BCUT2D eigenvalue weighted by Gasteiger charge is 2.11. The zero-order valence-corrected chi connectivity index (χ0v) is 11.8. The molecular weight excluding hydrogens is 268 g/mol. The Morgan fingerprint density at radius 2 is 2.21 bits per heavy atom. The Bertz CT molecular complexity index is 603. The summed E-state index contributed by atoms with van der Waals surface area (Å²) in [6.45, 7) is 5.95. The Hall–Kier alpha value is -1.82. The van der Waals surface area contributed by atoms with Crippen LogP contribution >= 0.6 is 11.6 Å². The van der Waals surface area contributed by atoms with Crippen molar-refractivity contribution in [3.05, 3.63) is 28.2 Å². The molecule has 1 amide bonds. The molecule has 0 saturated carbocycles. The van der Waals surface area contributed by atoms with Gasteiger partial charge in [0.05, 0.1) is 23.0 Å². The minimum absolute atomic E-state index is 0.142. The van der Waals surface area contributed by atoms with Gasteiger partial charge in [-0.05, 0) is 20.8 Å². The molecule has 0 fully saturated rings. The van der Waals surface area contributed by atoms with Crippen molar-refractivity contribution in [2.45, 2.75) is 33.7 Å². The lowest BCUT2D eigenvalue weighted by molar-refractivity contribution is -0.116.